The van der Waals surface area contributed by atoms with Crippen molar-refractivity contribution >= 4 is 35.8 Å². The molecule has 4 aliphatic carbocycles. The molecule has 0 aromatic heterocycles. The standard InChI is InChI=1S/C60H90O21/c1-32-12-16-44-36(5)46(28-47-59(44)42(32)24-26-57(7,76-47)78-80-59)72-51(64)20-18-48(61)69-29-39(71-50(63)22-23-52(65)73-54(67)35(4)40-11-9-10-38-15-14-34(3)68-31-41(38)40)30-70-49(62)19-21-53(66)74-55-37(6)45-17-13-33(2)43-25-27-58(8)77-56(75-55)60(43,45)81-79-58/h32-47,54-56,67H,9-31H2,1-8H3/t32-,33-,34+,35-,36-,37-,38?,39?,40+,41?,42+,43+,44+,45+,46-,47+,54+,55-,56-,57-,58-,59-,60-/m1/s1. The van der Waals surface area contributed by atoms with Crippen molar-refractivity contribution in [2.24, 2.45) is 71.0 Å². The van der Waals surface area contributed by atoms with E-state index < -0.39 is 122 Å². The second-order valence-electron chi connectivity index (χ2n) is 26.4. The number of carbonyl (C=O) groups is 6. The van der Waals surface area contributed by atoms with Gasteiger partial charge >= 0.3 is 35.8 Å². The number of esters is 6. The topological polar surface area (TPSA) is 252 Å². The van der Waals surface area contributed by atoms with Crippen molar-refractivity contribution in [3.05, 3.63) is 0 Å². The minimum atomic E-state index is -1.40. The van der Waals surface area contributed by atoms with E-state index in [-0.39, 0.29) is 84.7 Å². The molecule has 4 bridgehead atoms. The normalized spacial score (nSPS) is 43.2. The zero-order valence-corrected chi connectivity index (χ0v) is 48.8. The van der Waals surface area contributed by atoms with Crippen LogP contribution in [0.4, 0.5) is 0 Å². The van der Waals surface area contributed by atoms with Crippen molar-refractivity contribution in [1.82, 2.24) is 0 Å². The Morgan fingerprint density at radius 1 is 0.580 bits per heavy atom. The molecule has 21 heteroatoms. The molecule has 8 heterocycles. The number of ether oxygens (including phenoxy) is 10. The number of aliphatic hydroxyl groups is 1. The highest BCUT2D eigenvalue weighted by Crippen LogP contribution is 2.63. The quantitative estimate of drug-likeness (QED) is 0.0556. The summed E-state index contributed by atoms with van der Waals surface area (Å²) in [5, 5.41) is 11.1. The lowest BCUT2D eigenvalue weighted by Gasteiger charge is -2.60. The molecule has 12 fully saturated rings. The number of rotatable bonds is 19. The van der Waals surface area contributed by atoms with Crippen LogP contribution in [0.1, 0.15) is 184 Å². The molecular weight excluding hydrogens is 1060 g/mol. The van der Waals surface area contributed by atoms with Crippen LogP contribution in [0.25, 0.3) is 0 Å². The summed E-state index contributed by atoms with van der Waals surface area (Å²) in [6.07, 6.45) is 4.70. The molecule has 8 saturated heterocycles. The Labute approximate surface area is 475 Å². The van der Waals surface area contributed by atoms with E-state index in [9.17, 15) is 33.9 Å². The average Bonchev–Trinajstić information content (AvgIpc) is 2.18. The fourth-order valence-corrected chi connectivity index (χ4v) is 16.5. The third-order valence-electron chi connectivity index (χ3n) is 21.2. The molecular formula is C60H90O21. The van der Waals surface area contributed by atoms with E-state index in [4.69, 9.17) is 66.9 Å². The van der Waals surface area contributed by atoms with Crippen LogP contribution in [-0.2, 0) is 95.7 Å². The smallest absolute Gasteiger partial charge is 0.308 e. The third-order valence-corrected chi connectivity index (χ3v) is 21.2. The summed E-state index contributed by atoms with van der Waals surface area (Å²) in [7, 11) is 0. The number of fused-ring (bicyclic) bond motifs is 5. The van der Waals surface area contributed by atoms with Gasteiger partial charge in [-0.2, -0.15) is 0 Å². The van der Waals surface area contributed by atoms with Crippen LogP contribution in [-0.4, -0.2) is 127 Å². The average molecular weight is 1150 g/mol. The molecule has 3 unspecified atom stereocenters. The van der Waals surface area contributed by atoms with Gasteiger partial charge in [0.2, 0.25) is 18.4 Å². The molecule has 0 aromatic carbocycles. The molecule has 2 spiro atoms. The maximum absolute atomic E-state index is 13.4. The number of hydrogen-bond donors (Lipinski definition) is 1. The maximum atomic E-state index is 13.4. The van der Waals surface area contributed by atoms with Crippen LogP contribution in [0.15, 0.2) is 0 Å². The summed E-state index contributed by atoms with van der Waals surface area (Å²) >= 11 is 0. The van der Waals surface area contributed by atoms with Gasteiger partial charge in [0.25, 0.3) is 0 Å². The van der Waals surface area contributed by atoms with Crippen LogP contribution in [0, 0.1) is 71.0 Å². The molecule has 1 N–H and O–H groups in total. The highest BCUT2D eigenvalue weighted by Gasteiger charge is 2.71. The van der Waals surface area contributed by atoms with Crippen molar-refractivity contribution in [1.29, 1.82) is 0 Å². The summed E-state index contributed by atoms with van der Waals surface area (Å²) in [4.78, 5) is 104. The van der Waals surface area contributed by atoms with Gasteiger partial charge in [0.05, 0.1) is 57.3 Å². The highest BCUT2D eigenvalue weighted by molar-refractivity contribution is 5.79. The summed E-state index contributed by atoms with van der Waals surface area (Å²) in [5.41, 5.74) is -1.48. The number of aliphatic hydroxyl groups excluding tert-OH is 1. The minimum absolute atomic E-state index is 0.0336. The molecule has 0 amide bonds. The molecule has 0 radical (unpaired) electrons. The van der Waals surface area contributed by atoms with Crippen molar-refractivity contribution in [3.8, 4) is 0 Å². The summed E-state index contributed by atoms with van der Waals surface area (Å²) < 4.78 is 59.4. The Kier molecular flexibility index (Phi) is 18.6. The van der Waals surface area contributed by atoms with Crippen molar-refractivity contribution in [2.45, 2.75) is 250 Å². The Hall–Kier alpha value is -3.54. The molecule has 12 rings (SSSR count). The van der Waals surface area contributed by atoms with Gasteiger partial charge in [-0.3, -0.25) is 28.8 Å². The van der Waals surface area contributed by atoms with E-state index in [2.05, 4.69) is 27.7 Å². The van der Waals surface area contributed by atoms with E-state index in [1.54, 1.807) is 0 Å². The number of hydrogen-bond acceptors (Lipinski definition) is 21. The largest absolute Gasteiger partial charge is 0.462 e. The fraction of sp³-hybridized carbons (Fsp3) is 0.900. The predicted molar refractivity (Wildman–Crippen MR) is 279 cm³/mol. The molecule has 4 saturated carbocycles. The van der Waals surface area contributed by atoms with Gasteiger partial charge < -0.3 is 52.5 Å². The van der Waals surface area contributed by atoms with Gasteiger partial charge in [0.15, 0.2) is 23.8 Å². The van der Waals surface area contributed by atoms with Gasteiger partial charge in [-0.05, 0) is 126 Å². The van der Waals surface area contributed by atoms with Crippen molar-refractivity contribution in [2.75, 3.05) is 19.8 Å². The predicted octanol–water partition coefficient (Wildman–Crippen LogP) is 8.02. The lowest BCUT2D eigenvalue weighted by Crippen LogP contribution is -2.70. The molecule has 456 valence electrons. The summed E-state index contributed by atoms with van der Waals surface area (Å²) in [6, 6.07) is 0. The zero-order chi connectivity index (χ0) is 57.6. The lowest BCUT2D eigenvalue weighted by atomic mass is 9.53. The first-order valence-electron chi connectivity index (χ1n) is 30.7. The van der Waals surface area contributed by atoms with Gasteiger partial charge in [-0.1, -0.05) is 47.5 Å². The highest BCUT2D eigenvalue weighted by atomic mass is 17.3. The SMILES string of the molecule is C[C@H]([C@@H]1CCCC2CC[C@H](C)OCC21)[C@@H](O)OC(=O)CCC(=O)OC(COC(=O)CCC(=O)O[C@@H]1O[C@@H]2O[C@@]3(C)CC[C@H]4[C@H](C)CC[C@@H]([C@H]1C)[C@@]24OO3)COC(=O)CCC(=O)O[C@@H]1C[C@@H]2O[C@@]3(C)CC[C@H]4[C@H](C)CC[C@@H]([C@H]1C)[C@@]24OO3. The van der Waals surface area contributed by atoms with Crippen molar-refractivity contribution in [3.63, 3.8) is 0 Å². The molecule has 23 atom stereocenters. The minimum Gasteiger partial charge on any atom is -0.462 e. The third kappa shape index (κ3) is 12.6. The van der Waals surface area contributed by atoms with E-state index >= 15 is 0 Å². The molecule has 0 aromatic rings. The number of carbonyl (C=O) groups excluding carboxylic acids is 6. The van der Waals surface area contributed by atoms with Crippen molar-refractivity contribution < 1.29 is 101 Å². The second-order valence-corrected chi connectivity index (χ2v) is 26.4. The monoisotopic (exact) mass is 1150 g/mol. The Morgan fingerprint density at radius 2 is 1.15 bits per heavy atom. The van der Waals surface area contributed by atoms with Crippen LogP contribution >= 0.6 is 0 Å². The van der Waals surface area contributed by atoms with Gasteiger partial charge in [-0.25, -0.2) is 19.6 Å². The van der Waals surface area contributed by atoms with E-state index in [1.807, 2.05) is 27.7 Å². The fourth-order valence-electron chi connectivity index (χ4n) is 16.5. The first-order valence-corrected chi connectivity index (χ1v) is 30.7. The first kappa shape index (κ1) is 60.6. The van der Waals surface area contributed by atoms with Crippen LogP contribution in [0.5, 0.6) is 0 Å². The lowest BCUT2D eigenvalue weighted by molar-refractivity contribution is -0.576. The second kappa shape index (κ2) is 24.8. The summed E-state index contributed by atoms with van der Waals surface area (Å²) in [5.74, 6) is -5.35. The first-order chi connectivity index (χ1) is 38.6. The molecule has 81 heavy (non-hydrogen) atoms. The maximum Gasteiger partial charge on any atom is 0.308 e. The van der Waals surface area contributed by atoms with Gasteiger partial charge in [0.1, 0.15) is 24.9 Å². The summed E-state index contributed by atoms with van der Waals surface area (Å²) in [6.45, 7) is 15.6. The Bertz CT molecular complexity index is 2170. The van der Waals surface area contributed by atoms with Crippen LogP contribution in [0.2, 0.25) is 0 Å². The Morgan fingerprint density at radius 3 is 1.81 bits per heavy atom. The molecule has 8 aliphatic heterocycles. The van der Waals surface area contributed by atoms with E-state index in [0.29, 0.717) is 43.6 Å². The van der Waals surface area contributed by atoms with Crippen LogP contribution in [0.3, 0.4) is 0 Å². The van der Waals surface area contributed by atoms with Gasteiger partial charge in [0, 0.05) is 42.9 Å². The van der Waals surface area contributed by atoms with E-state index in [0.717, 1.165) is 70.6 Å². The van der Waals surface area contributed by atoms with Crippen LogP contribution < -0.4 is 0 Å². The van der Waals surface area contributed by atoms with E-state index in [1.165, 1.54) is 0 Å². The molecule has 21 nitrogen and oxygen atoms in total. The Balaban J connectivity index is 0.711. The van der Waals surface area contributed by atoms with Gasteiger partial charge in [-0.15, -0.1) is 0 Å². The molecule has 12 aliphatic rings. The zero-order valence-electron chi connectivity index (χ0n) is 48.8.